The highest BCUT2D eigenvalue weighted by Gasteiger charge is 2.22. The zero-order chi connectivity index (χ0) is 17.8. The van der Waals surface area contributed by atoms with Gasteiger partial charge in [0, 0.05) is 17.3 Å². The van der Waals surface area contributed by atoms with Crippen LogP contribution in [0.4, 0.5) is 11.4 Å². The molecule has 0 radical (unpaired) electrons. The average molecular weight is 378 g/mol. The van der Waals surface area contributed by atoms with Gasteiger partial charge in [0.1, 0.15) is 11.3 Å². The number of nitrogens with zero attached hydrogens (tertiary/aromatic N) is 1. The van der Waals surface area contributed by atoms with E-state index in [1.54, 1.807) is 37.1 Å². The van der Waals surface area contributed by atoms with Gasteiger partial charge in [-0.2, -0.15) is 0 Å². The van der Waals surface area contributed by atoms with Gasteiger partial charge >= 0.3 is 5.91 Å². The third-order valence-corrected chi connectivity index (χ3v) is 4.48. The standard InChI is InChI=1S/C17H16ClN3O3S/c1-3-23-21-17(22)16-15(11-9-19-7-6-14(11)24-16)20-13-5-4-10(25-2)8-12(13)18/h4-9,20H,3H2,1-2H3,(H,21,22). The zero-order valence-electron chi connectivity index (χ0n) is 13.6. The lowest BCUT2D eigenvalue weighted by Gasteiger charge is -2.10. The van der Waals surface area contributed by atoms with E-state index in [4.69, 9.17) is 20.9 Å². The van der Waals surface area contributed by atoms with Crippen LogP contribution in [-0.2, 0) is 4.84 Å². The summed E-state index contributed by atoms with van der Waals surface area (Å²) in [5.41, 5.74) is 4.03. The number of fused-ring (bicyclic) bond motifs is 1. The van der Waals surface area contributed by atoms with Crippen molar-refractivity contribution in [2.24, 2.45) is 0 Å². The van der Waals surface area contributed by atoms with Crippen LogP contribution >= 0.6 is 23.4 Å². The number of aromatic nitrogens is 1. The molecular weight excluding hydrogens is 362 g/mol. The first-order chi connectivity index (χ1) is 12.1. The molecule has 0 aliphatic heterocycles. The molecule has 0 unspecified atom stereocenters. The van der Waals surface area contributed by atoms with Crippen molar-refractivity contribution < 1.29 is 14.0 Å². The molecule has 2 N–H and O–H groups in total. The quantitative estimate of drug-likeness (QED) is 0.482. The highest BCUT2D eigenvalue weighted by molar-refractivity contribution is 7.98. The minimum absolute atomic E-state index is 0.0986. The Kier molecular flexibility index (Phi) is 5.47. The van der Waals surface area contributed by atoms with Crippen LogP contribution < -0.4 is 10.8 Å². The van der Waals surface area contributed by atoms with Gasteiger partial charge in [-0.1, -0.05) is 11.6 Å². The maximum absolute atomic E-state index is 12.3. The number of hydroxylamine groups is 1. The molecule has 0 spiro atoms. The van der Waals surface area contributed by atoms with Crippen molar-refractivity contribution in [2.75, 3.05) is 18.2 Å². The third kappa shape index (κ3) is 3.73. The van der Waals surface area contributed by atoms with E-state index < -0.39 is 5.91 Å². The van der Waals surface area contributed by atoms with E-state index in [2.05, 4.69) is 15.8 Å². The molecule has 8 heteroatoms. The van der Waals surface area contributed by atoms with Crippen LogP contribution in [-0.4, -0.2) is 23.8 Å². The molecule has 3 rings (SSSR count). The molecule has 0 atom stereocenters. The number of amides is 1. The van der Waals surface area contributed by atoms with Crippen LogP contribution in [0.3, 0.4) is 0 Å². The minimum atomic E-state index is -0.489. The number of benzene rings is 1. The van der Waals surface area contributed by atoms with Gasteiger partial charge in [0.25, 0.3) is 0 Å². The highest BCUT2D eigenvalue weighted by Crippen LogP contribution is 2.36. The lowest BCUT2D eigenvalue weighted by molar-refractivity contribution is 0.0343. The van der Waals surface area contributed by atoms with Crippen molar-refractivity contribution >= 4 is 51.6 Å². The third-order valence-electron chi connectivity index (χ3n) is 3.44. The lowest BCUT2D eigenvalue weighted by atomic mass is 10.2. The lowest BCUT2D eigenvalue weighted by Crippen LogP contribution is -2.23. The molecule has 0 saturated heterocycles. The number of furan rings is 1. The summed E-state index contributed by atoms with van der Waals surface area (Å²) in [5, 5.41) is 4.40. The molecule has 6 nitrogen and oxygen atoms in total. The van der Waals surface area contributed by atoms with Crippen LogP contribution in [0.5, 0.6) is 0 Å². The number of halogens is 1. The van der Waals surface area contributed by atoms with Crippen molar-refractivity contribution in [1.29, 1.82) is 0 Å². The number of rotatable bonds is 6. The Morgan fingerprint density at radius 2 is 2.24 bits per heavy atom. The van der Waals surface area contributed by atoms with Gasteiger partial charge in [0.2, 0.25) is 5.76 Å². The molecule has 3 aromatic rings. The summed E-state index contributed by atoms with van der Waals surface area (Å²) in [4.78, 5) is 22.5. The van der Waals surface area contributed by atoms with E-state index in [0.29, 0.717) is 34.0 Å². The van der Waals surface area contributed by atoms with Gasteiger partial charge < -0.3 is 9.73 Å². The highest BCUT2D eigenvalue weighted by atomic mass is 35.5. The van der Waals surface area contributed by atoms with E-state index in [1.807, 2.05) is 24.5 Å². The Hall–Kier alpha value is -2.22. The Balaban J connectivity index is 2.03. The number of thioether (sulfide) groups is 1. The van der Waals surface area contributed by atoms with Crippen LogP contribution in [0.2, 0.25) is 5.02 Å². The van der Waals surface area contributed by atoms with E-state index >= 15 is 0 Å². The SMILES string of the molecule is CCONC(=O)c1oc2ccncc2c1Nc1ccc(SC)cc1Cl. The zero-order valence-corrected chi connectivity index (χ0v) is 15.2. The fourth-order valence-corrected chi connectivity index (χ4v) is 3.00. The molecular formula is C17H16ClN3O3S. The van der Waals surface area contributed by atoms with Gasteiger partial charge in [-0.3, -0.25) is 14.6 Å². The summed E-state index contributed by atoms with van der Waals surface area (Å²) in [6, 6.07) is 7.35. The Bertz CT molecular complexity index is 913. The van der Waals surface area contributed by atoms with Gasteiger partial charge in [0.15, 0.2) is 0 Å². The van der Waals surface area contributed by atoms with E-state index in [0.717, 1.165) is 4.90 Å². The van der Waals surface area contributed by atoms with Crippen molar-refractivity contribution in [2.45, 2.75) is 11.8 Å². The van der Waals surface area contributed by atoms with Gasteiger partial charge in [-0.05, 0) is 37.4 Å². The molecule has 130 valence electrons. The molecule has 0 saturated carbocycles. The molecule has 25 heavy (non-hydrogen) atoms. The first-order valence-electron chi connectivity index (χ1n) is 7.53. The number of hydrogen-bond acceptors (Lipinski definition) is 6. The van der Waals surface area contributed by atoms with Crippen LogP contribution in [0.25, 0.3) is 11.0 Å². The first-order valence-corrected chi connectivity index (χ1v) is 9.13. The number of anilines is 2. The van der Waals surface area contributed by atoms with E-state index in [-0.39, 0.29) is 5.76 Å². The van der Waals surface area contributed by atoms with Gasteiger partial charge in [-0.25, -0.2) is 5.48 Å². The maximum atomic E-state index is 12.3. The second-order valence-electron chi connectivity index (χ2n) is 5.01. The predicted molar refractivity (Wildman–Crippen MR) is 99.6 cm³/mol. The second kappa shape index (κ2) is 7.77. The average Bonchev–Trinajstić information content (AvgIpc) is 3.00. The molecule has 1 aromatic carbocycles. The molecule has 0 fully saturated rings. The van der Waals surface area contributed by atoms with E-state index in [1.165, 1.54) is 0 Å². The molecule has 2 heterocycles. The first kappa shape index (κ1) is 17.6. The summed E-state index contributed by atoms with van der Waals surface area (Å²) in [6.45, 7) is 2.12. The van der Waals surface area contributed by atoms with Crippen molar-refractivity contribution in [1.82, 2.24) is 10.5 Å². The van der Waals surface area contributed by atoms with Crippen molar-refractivity contribution in [3.05, 3.63) is 47.4 Å². The normalized spacial score (nSPS) is 10.8. The summed E-state index contributed by atoms with van der Waals surface area (Å²) >= 11 is 7.94. The Morgan fingerprint density at radius 3 is 2.96 bits per heavy atom. The van der Waals surface area contributed by atoms with Crippen LogP contribution in [0.1, 0.15) is 17.5 Å². The Morgan fingerprint density at radius 1 is 1.40 bits per heavy atom. The molecule has 0 aliphatic rings. The smallest absolute Gasteiger partial charge is 0.312 e. The fourth-order valence-electron chi connectivity index (χ4n) is 2.27. The number of carbonyl (C=O) groups excluding carboxylic acids is 1. The van der Waals surface area contributed by atoms with E-state index in [9.17, 15) is 4.79 Å². The summed E-state index contributed by atoms with van der Waals surface area (Å²) in [5.74, 6) is -0.390. The molecule has 0 aliphatic carbocycles. The summed E-state index contributed by atoms with van der Waals surface area (Å²) in [7, 11) is 0. The second-order valence-corrected chi connectivity index (χ2v) is 6.30. The van der Waals surface area contributed by atoms with Crippen LogP contribution in [0, 0.1) is 0 Å². The summed E-state index contributed by atoms with van der Waals surface area (Å²) in [6.07, 6.45) is 5.20. The molecule has 1 amide bonds. The van der Waals surface area contributed by atoms with Crippen molar-refractivity contribution in [3.63, 3.8) is 0 Å². The Labute approximate surface area is 153 Å². The van der Waals surface area contributed by atoms with Gasteiger partial charge in [-0.15, -0.1) is 11.8 Å². The molecule has 0 bridgehead atoms. The van der Waals surface area contributed by atoms with Crippen molar-refractivity contribution in [3.8, 4) is 0 Å². The topological polar surface area (TPSA) is 76.4 Å². The van der Waals surface area contributed by atoms with Crippen LogP contribution in [0.15, 0.2) is 46.0 Å². The minimum Gasteiger partial charge on any atom is -0.448 e. The predicted octanol–water partition coefficient (Wildman–Crippen LogP) is 4.63. The summed E-state index contributed by atoms with van der Waals surface area (Å²) < 4.78 is 5.67. The number of nitrogens with one attached hydrogen (secondary N) is 2. The largest absolute Gasteiger partial charge is 0.448 e. The number of hydrogen-bond donors (Lipinski definition) is 2. The maximum Gasteiger partial charge on any atom is 0.312 e. The van der Waals surface area contributed by atoms with Gasteiger partial charge in [0.05, 0.1) is 22.7 Å². The number of carbonyl (C=O) groups is 1. The molecule has 2 aromatic heterocycles. The number of pyridine rings is 1. The fraction of sp³-hybridized carbons (Fsp3) is 0.176. The monoisotopic (exact) mass is 377 g/mol.